The van der Waals surface area contributed by atoms with Crippen molar-refractivity contribution in [1.29, 1.82) is 0 Å². The zero-order valence-corrected chi connectivity index (χ0v) is 11.5. The Morgan fingerprint density at radius 2 is 1.75 bits per heavy atom. The number of benzene rings is 2. The van der Waals surface area contributed by atoms with Gasteiger partial charge in [0, 0.05) is 0 Å². The molecule has 0 aliphatic heterocycles. The van der Waals surface area contributed by atoms with E-state index in [1.54, 1.807) is 0 Å². The molecule has 1 N–H and O–H groups in total. The lowest BCUT2D eigenvalue weighted by molar-refractivity contribution is 0.0474. The summed E-state index contributed by atoms with van der Waals surface area (Å²) in [5.41, 5.74) is 3.16. The number of ether oxygens (including phenoxy) is 1. The summed E-state index contributed by atoms with van der Waals surface area (Å²) in [6, 6.07) is 17.7. The Hall–Kier alpha value is -2.29. The third-order valence-electron chi connectivity index (χ3n) is 3.32. The van der Waals surface area contributed by atoms with E-state index >= 15 is 0 Å². The Bertz CT molecular complexity index is 563. The van der Waals surface area contributed by atoms with E-state index in [1.807, 2.05) is 61.5 Å². The van der Waals surface area contributed by atoms with Gasteiger partial charge >= 0.3 is 6.16 Å². The third-order valence-corrected chi connectivity index (χ3v) is 3.32. The number of carboxylic acid groups (broad SMARTS) is 1. The summed E-state index contributed by atoms with van der Waals surface area (Å²) in [7, 11) is 0. The Morgan fingerprint density at radius 3 is 2.40 bits per heavy atom. The highest BCUT2D eigenvalue weighted by Gasteiger charge is 2.17. The second-order valence-electron chi connectivity index (χ2n) is 4.75. The first-order valence-corrected chi connectivity index (χ1v) is 6.66. The summed E-state index contributed by atoms with van der Waals surface area (Å²) < 4.78 is 5.06. The minimum absolute atomic E-state index is 0.422. The van der Waals surface area contributed by atoms with Crippen LogP contribution < -0.4 is 0 Å². The molecule has 0 amide bonds. The third kappa shape index (κ3) is 3.85. The van der Waals surface area contributed by atoms with Crippen molar-refractivity contribution in [2.75, 3.05) is 0 Å². The van der Waals surface area contributed by atoms with Gasteiger partial charge in [-0.3, -0.25) is 0 Å². The molecule has 0 saturated heterocycles. The summed E-state index contributed by atoms with van der Waals surface area (Å²) in [6.07, 6.45) is -0.228. The van der Waals surface area contributed by atoms with Gasteiger partial charge in [0.25, 0.3) is 0 Å². The van der Waals surface area contributed by atoms with E-state index in [-0.39, 0.29) is 0 Å². The van der Waals surface area contributed by atoms with Gasteiger partial charge in [0.15, 0.2) is 0 Å². The second-order valence-corrected chi connectivity index (χ2v) is 4.75. The van der Waals surface area contributed by atoms with Crippen LogP contribution in [0.2, 0.25) is 0 Å². The van der Waals surface area contributed by atoms with E-state index in [0.29, 0.717) is 6.42 Å². The van der Waals surface area contributed by atoms with Crippen molar-refractivity contribution in [3.63, 3.8) is 0 Å². The van der Waals surface area contributed by atoms with E-state index in [1.165, 1.54) is 5.56 Å². The highest BCUT2D eigenvalue weighted by Crippen LogP contribution is 2.26. The van der Waals surface area contributed by atoms with Crippen LogP contribution in [-0.4, -0.2) is 11.3 Å². The first kappa shape index (κ1) is 14.1. The smallest absolute Gasteiger partial charge is 0.450 e. The van der Waals surface area contributed by atoms with Crippen LogP contribution >= 0.6 is 0 Å². The van der Waals surface area contributed by atoms with Crippen molar-refractivity contribution < 1.29 is 14.6 Å². The fourth-order valence-electron chi connectivity index (χ4n) is 2.29. The van der Waals surface area contributed by atoms with Crippen molar-refractivity contribution in [3.8, 4) is 0 Å². The number of carbonyl (C=O) groups is 1. The molecule has 0 aliphatic carbocycles. The van der Waals surface area contributed by atoms with Gasteiger partial charge in [-0.1, -0.05) is 54.6 Å². The number of rotatable bonds is 5. The number of hydrogen-bond acceptors (Lipinski definition) is 2. The van der Waals surface area contributed by atoms with Gasteiger partial charge in [-0.05, 0) is 36.5 Å². The maximum absolute atomic E-state index is 10.9. The normalized spacial score (nSPS) is 11.8. The Labute approximate surface area is 118 Å². The van der Waals surface area contributed by atoms with Crippen LogP contribution in [0.5, 0.6) is 0 Å². The summed E-state index contributed by atoms with van der Waals surface area (Å²) >= 11 is 0. The van der Waals surface area contributed by atoms with E-state index in [9.17, 15) is 4.79 Å². The Balaban J connectivity index is 2.12. The highest BCUT2D eigenvalue weighted by molar-refractivity contribution is 5.57. The SMILES string of the molecule is Cc1ccccc1C(CCc1ccccc1)OC(=O)O. The lowest BCUT2D eigenvalue weighted by atomic mass is 9.98. The van der Waals surface area contributed by atoms with Gasteiger partial charge in [0.1, 0.15) is 6.10 Å². The topological polar surface area (TPSA) is 46.5 Å². The number of hydrogen-bond donors (Lipinski definition) is 1. The molecule has 0 aliphatic rings. The Morgan fingerprint density at radius 1 is 1.10 bits per heavy atom. The lowest BCUT2D eigenvalue weighted by Gasteiger charge is -2.18. The molecule has 20 heavy (non-hydrogen) atoms. The molecule has 0 aromatic heterocycles. The fourth-order valence-corrected chi connectivity index (χ4v) is 2.29. The van der Waals surface area contributed by atoms with Crippen molar-refractivity contribution in [3.05, 3.63) is 71.3 Å². The monoisotopic (exact) mass is 270 g/mol. The molecule has 2 aromatic carbocycles. The van der Waals surface area contributed by atoms with Crippen LogP contribution in [0, 0.1) is 6.92 Å². The first-order chi connectivity index (χ1) is 9.66. The molecule has 2 rings (SSSR count). The van der Waals surface area contributed by atoms with E-state index in [0.717, 1.165) is 17.5 Å². The van der Waals surface area contributed by atoms with Gasteiger partial charge < -0.3 is 9.84 Å². The fraction of sp³-hybridized carbons (Fsp3) is 0.235. The molecule has 2 aromatic rings. The van der Waals surface area contributed by atoms with Gasteiger partial charge in [-0.15, -0.1) is 0 Å². The van der Waals surface area contributed by atoms with Gasteiger partial charge in [-0.2, -0.15) is 0 Å². The van der Waals surface area contributed by atoms with E-state index in [4.69, 9.17) is 9.84 Å². The summed E-state index contributed by atoms with van der Waals surface area (Å²) in [5.74, 6) is 0. The average molecular weight is 270 g/mol. The average Bonchev–Trinajstić information content (AvgIpc) is 2.45. The largest absolute Gasteiger partial charge is 0.506 e. The molecule has 1 atom stereocenters. The molecule has 104 valence electrons. The van der Waals surface area contributed by atoms with E-state index < -0.39 is 12.3 Å². The summed E-state index contributed by atoms with van der Waals surface area (Å²) in [6.45, 7) is 1.97. The standard InChI is InChI=1S/C17H18O3/c1-13-7-5-6-10-15(13)16(20-17(18)19)12-11-14-8-3-2-4-9-14/h2-10,16H,11-12H2,1H3,(H,18,19). The maximum atomic E-state index is 10.9. The Kier molecular flexibility index (Phi) is 4.77. The van der Waals surface area contributed by atoms with Crippen LogP contribution in [0.4, 0.5) is 4.79 Å². The van der Waals surface area contributed by atoms with Crippen LogP contribution in [0.1, 0.15) is 29.2 Å². The number of aryl methyl sites for hydroxylation is 2. The van der Waals surface area contributed by atoms with Crippen molar-refractivity contribution in [2.45, 2.75) is 25.9 Å². The van der Waals surface area contributed by atoms with Crippen LogP contribution in [-0.2, 0) is 11.2 Å². The summed E-state index contributed by atoms with van der Waals surface area (Å²) in [4.78, 5) is 10.9. The molecule has 3 nitrogen and oxygen atoms in total. The van der Waals surface area contributed by atoms with Gasteiger partial charge in [-0.25, -0.2) is 4.79 Å². The maximum Gasteiger partial charge on any atom is 0.506 e. The molecule has 3 heteroatoms. The minimum Gasteiger partial charge on any atom is -0.450 e. The summed E-state index contributed by atoms with van der Waals surface area (Å²) in [5, 5.41) is 8.91. The molecule has 0 bridgehead atoms. The van der Waals surface area contributed by atoms with Crippen molar-refractivity contribution >= 4 is 6.16 Å². The highest BCUT2D eigenvalue weighted by atomic mass is 16.7. The molecular formula is C17H18O3. The molecule has 0 heterocycles. The van der Waals surface area contributed by atoms with Crippen molar-refractivity contribution in [2.24, 2.45) is 0 Å². The van der Waals surface area contributed by atoms with Gasteiger partial charge in [0.05, 0.1) is 0 Å². The van der Waals surface area contributed by atoms with Crippen LogP contribution in [0.3, 0.4) is 0 Å². The predicted octanol–water partition coefficient (Wildman–Crippen LogP) is 4.36. The quantitative estimate of drug-likeness (QED) is 0.821. The molecule has 1 unspecified atom stereocenters. The molecule has 0 fully saturated rings. The van der Waals surface area contributed by atoms with Crippen LogP contribution in [0.15, 0.2) is 54.6 Å². The molecule has 0 radical (unpaired) electrons. The van der Waals surface area contributed by atoms with Gasteiger partial charge in [0.2, 0.25) is 0 Å². The predicted molar refractivity (Wildman–Crippen MR) is 77.8 cm³/mol. The first-order valence-electron chi connectivity index (χ1n) is 6.66. The zero-order valence-electron chi connectivity index (χ0n) is 11.5. The molecule has 0 saturated carbocycles. The van der Waals surface area contributed by atoms with Crippen molar-refractivity contribution in [1.82, 2.24) is 0 Å². The van der Waals surface area contributed by atoms with E-state index in [2.05, 4.69) is 0 Å². The minimum atomic E-state index is -1.23. The zero-order chi connectivity index (χ0) is 14.4. The van der Waals surface area contributed by atoms with Crippen LogP contribution in [0.25, 0.3) is 0 Å². The lowest BCUT2D eigenvalue weighted by Crippen LogP contribution is -2.11. The molecular weight excluding hydrogens is 252 g/mol. The molecule has 0 spiro atoms. The second kappa shape index (κ2) is 6.75.